The summed E-state index contributed by atoms with van der Waals surface area (Å²) >= 11 is 0. The summed E-state index contributed by atoms with van der Waals surface area (Å²) in [6.45, 7) is 10.9. The van der Waals surface area contributed by atoms with Gasteiger partial charge in [-0.15, -0.1) is 0 Å². The Morgan fingerprint density at radius 2 is 2.00 bits per heavy atom. The van der Waals surface area contributed by atoms with Gasteiger partial charge in [-0.1, -0.05) is 0 Å². The highest BCUT2D eigenvalue weighted by Crippen LogP contribution is 2.35. The molecule has 5 heteroatoms. The number of nitrogens with zero attached hydrogens (tertiary/aromatic N) is 1. The van der Waals surface area contributed by atoms with Crippen LogP contribution in [0.25, 0.3) is 16.5 Å². The van der Waals surface area contributed by atoms with Crippen molar-refractivity contribution in [2.75, 3.05) is 32.9 Å². The molecule has 0 atom stereocenters. The van der Waals surface area contributed by atoms with E-state index in [1.54, 1.807) is 6.08 Å². The number of amides is 1. The van der Waals surface area contributed by atoms with Gasteiger partial charge in [-0.25, -0.2) is 0 Å². The predicted octanol–water partition coefficient (Wildman–Crippen LogP) is 3.71. The lowest BCUT2D eigenvalue weighted by Gasteiger charge is -2.26. The van der Waals surface area contributed by atoms with Crippen molar-refractivity contribution in [1.29, 1.82) is 0 Å². The fourth-order valence-electron chi connectivity index (χ4n) is 3.09. The van der Waals surface area contributed by atoms with Crippen molar-refractivity contribution in [3.63, 3.8) is 0 Å². The Kier molecular flexibility index (Phi) is 5.13. The molecule has 0 N–H and O–H groups in total. The van der Waals surface area contributed by atoms with Gasteiger partial charge in [-0.2, -0.15) is 0 Å². The van der Waals surface area contributed by atoms with E-state index in [2.05, 4.69) is 6.07 Å². The van der Waals surface area contributed by atoms with E-state index in [0.29, 0.717) is 32.9 Å². The van der Waals surface area contributed by atoms with Gasteiger partial charge in [0.05, 0.1) is 19.8 Å². The minimum absolute atomic E-state index is 0.0171. The lowest BCUT2D eigenvalue weighted by atomic mass is 10.0. The van der Waals surface area contributed by atoms with Gasteiger partial charge < -0.3 is 18.8 Å². The zero-order valence-corrected chi connectivity index (χ0v) is 15.3. The summed E-state index contributed by atoms with van der Waals surface area (Å²) in [5, 5.41) is 1.06. The first-order valence-electron chi connectivity index (χ1n) is 8.73. The van der Waals surface area contributed by atoms with Gasteiger partial charge >= 0.3 is 0 Å². The molecule has 0 spiro atoms. The van der Waals surface area contributed by atoms with E-state index in [1.165, 1.54) is 0 Å². The monoisotopic (exact) mass is 343 g/mol. The van der Waals surface area contributed by atoms with Gasteiger partial charge in [-0.3, -0.25) is 4.79 Å². The molecule has 1 aromatic carbocycles. The van der Waals surface area contributed by atoms with Crippen molar-refractivity contribution in [2.45, 2.75) is 27.7 Å². The Hall–Kier alpha value is -2.27. The number of rotatable bonds is 4. The minimum atomic E-state index is 0.0171. The molecule has 0 saturated carbocycles. The fraction of sp³-hybridized carbons (Fsp3) is 0.450. The molecule has 1 aromatic heterocycles. The van der Waals surface area contributed by atoms with Gasteiger partial charge in [0.15, 0.2) is 0 Å². The molecule has 1 amide bonds. The van der Waals surface area contributed by atoms with Crippen molar-refractivity contribution in [3.05, 3.63) is 35.1 Å². The van der Waals surface area contributed by atoms with E-state index in [4.69, 9.17) is 13.9 Å². The Morgan fingerprint density at radius 1 is 1.28 bits per heavy atom. The molecule has 2 heterocycles. The van der Waals surface area contributed by atoms with Crippen LogP contribution in [-0.2, 0) is 9.53 Å². The zero-order chi connectivity index (χ0) is 18.0. The van der Waals surface area contributed by atoms with Gasteiger partial charge in [-0.05, 0) is 44.9 Å². The summed E-state index contributed by atoms with van der Waals surface area (Å²) in [5.41, 5.74) is 3.75. The largest absolute Gasteiger partial charge is 0.493 e. The van der Waals surface area contributed by atoms with E-state index < -0.39 is 0 Å². The first-order chi connectivity index (χ1) is 12.0. The van der Waals surface area contributed by atoms with Gasteiger partial charge in [0.25, 0.3) is 0 Å². The summed E-state index contributed by atoms with van der Waals surface area (Å²) in [6.07, 6.45) is 1.69. The number of carbonyl (C=O) groups excluding carboxylic acids is 1. The van der Waals surface area contributed by atoms with Crippen LogP contribution >= 0.6 is 0 Å². The minimum Gasteiger partial charge on any atom is -0.493 e. The van der Waals surface area contributed by atoms with Gasteiger partial charge in [0, 0.05) is 36.2 Å². The highest BCUT2D eigenvalue weighted by molar-refractivity contribution is 5.97. The number of benzene rings is 1. The molecule has 1 aliphatic rings. The third-order valence-electron chi connectivity index (χ3n) is 4.66. The molecule has 1 fully saturated rings. The topological polar surface area (TPSA) is 51.9 Å². The van der Waals surface area contributed by atoms with Crippen molar-refractivity contribution < 1.29 is 18.7 Å². The molecule has 5 nitrogen and oxygen atoms in total. The molecule has 0 aliphatic carbocycles. The number of hydrogen-bond acceptors (Lipinski definition) is 4. The Morgan fingerprint density at radius 3 is 2.68 bits per heavy atom. The van der Waals surface area contributed by atoms with Crippen LogP contribution in [0.5, 0.6) is 5.75 Å². The molecule has 0 radical (unpaired) electrons. The highest BCUT2D eigenvalue weighted by Gasteiger charge is 2.18. The maximum atomic E-state index is 12.5. The number of fused-ring (bicyclic) bond motifs is 1. The van der Waals surface area contributed by atoms with Crippen LogP contribution in [0.1, 0.15) is 30.7 Å². The first-order valence-corrected chi connectivity index (χ1v) is 8.73. The van der Waals surface area contributed by atoms with E-state index in [1.807, 2.05) is 38.7 Å². The molecule has 0 bridgehead atoms. The summed E-state index contributed by atoms with van der Waals surface area (Å²) in [5.74, 6) is 1.66. The van der Waals surface area contributed by atoms with Crippen LogP contribution in [0.3, 0.4) is 0 Å². The quantitative estimate of drug-likeness (QED) is 0.794. The Labute approximate surface area is 148 Å². The van der Waals surface area contributed by atoms with Crippen molar-refractivity contribution in [1.82, 2.24) is 4.90 Å². The lowest BCUT2D eigenvalue weighted by Crippen LogP contribution is -2.39. The van der Waals surface area contributed by atoms with Crippen LogP contribution in [-0.4, -0.2) is 43.7 Å². The molecule has 3 rings (SSSR count). The van der Waals surface area contributed by atoms with E-state index in [0.717, 1.165) is 39.2 Å². The van der Waals surface area contributed by atoms with Crippen LogP contribution in [0.15, 0.2) is 22.6 Å². The maximum Gasteiger partial charge on any atom is 0.247 e. The number of ether oxygens (including phenoxy) is 2. The third kappa shape index (κ3) is 3.56. The zero-order valence-electron chi connectivity index (χ0n) is 15.3. The maximum absolute atomic E-state index is 12.5. The number of morpholine rings is 1. The second kappa shape index (κ2) is 7.31. The van der Waals surface area contributed by atoms with Gasteiger partial charge in [0.1, 0.15) is 17.1 Å². The van der Waals surface area contributed by atoms with Crippen molar-refractivity contribution >= 4 is 22.4 Å². The SMILES string of the molecule is CCOc1cc2oc(C)c(C)c2cc1/C(C)=C/C(=O)N1CCOCC1. The second-order valence-corrected chi connectivity index (χ2v) is 6.33. The highest BCUT2D eigenvalue weighted by atomic mass is 16.5. The molecule has 0 unspecified atom stereocenters. The van der Waals surface area contributed by atoms with E-state index in [9.17, 15) is 4.79 Å². The van der Waals surface area contributed by atoms with Crippen molar-refractivity contribution in [2.24, 2.45) is 0 Å². The average Bonchev–Trinajstić information content (AvgIpc) is 2.89. The van der Waals surface area contributed by atoms with Crippen LogP contribution in [0, 0.1) is 13.8 Å². The summed E-state index contributed by atoms with van der Waals surface area (Å²) < 4.78 is 16.9. The normalized spacial score (nSPS) is 15.7. The standard InChI is InChI=1S/C20H25NO4/c1-5-24-18-12-19-17(14(3)15(4)25-19)11-16(18)13(2)10-20(22)21-6-8-23-9-7-21/h10-12H,5-9H2,1-4H3/b13-10+. The number of furan rings is 1. The molecular formula is C20H25NO4. The summed E-state index contributed by atoms with van der Waals surface area (Å²) in [7, 11) is 0. The first kappa shape index (κ1) is 17.5. The number of hydrogen-bond donors (Lipinski definition) is 0. The Balaban J connectivity index is 1.99. The molecule has 25 heavy (non-hydrogen) atoms. The Bertz CT molecular complexity index is 813. The molecule has 134 valence electrons. The summed E-state index contributed by atoms with van der Waals surface area (Å²) in [6, 6.07) is 3.98. The van der Waals surface area contributed by atoms with Crippen molar-refractivity contribution in [3.8, 4) is 5.75 Å². The van der Waals surface area contributed by atoms with Crippen LogP contribution in [0.4, 0.5) is 0 Å². The lowest BCUT2D eigenvalue weighted by molar-refractivity contribution is -0.129. The third-order valence-corrected chi connectivity index (χ3v) is 4.66. The second-order valence-electron chi connectivity index (χ2n) is 6.33. The van der Waals surface area contributed by atoms with Crippen LogP contribution in [0.2, 0.25) is 0 Å². The molecule has 2 aromatic rings. The van der Waals surface area contributed by atoms with Gasteiger partial charge in [0.2, 0.25) is 5.91 Å². The predicted molar refractivity (Wildman–Crippen MR) is 97.9 cm³/mol. The fourth-order valence-corrected chi connectivity index (χ4v) is 3.09. The molecule has 1 aliphatic heterocycles. The molecule has 1 saturated heterocycles. The number of allylic oxidation sites excluding steroid dienone is 1. The smallest absolute Gasteiger partial charge is 0.247 e. The number of aryl methyl sites for hydroxylation is 2. The number of carbonyl (C=O) groups is 1. The average molecular weight is 343 g/mol. The molecular weight excluding hydrogens is 318 g/mol. The van der Waals surface area contributed by atoms with E-state index >= 15 is 0 Å². The summed E-state index contributed by atoms with van der Waals surface area (Å²) in [4.78, 5) is 14.3. The van der Waals surface area contributed by atoms with Crippen LogP contribution < -0.4 is 4.74 Å². The van der Waals surface area contributed by atoms with E-state index in [-0.39, 0.29) is 5.91 Å².